The molecule has 0 bridgehead atoms. The first kappa shape index (κ1) is 24.7. The lowest BCUT2D eigenvalue weighted by Gasteiger charge is -2.12. The fourth-order valence-corrected chi connectivity index (χ4v) is 4.70. The number of nitrogens with one attached hydrogen (secondary N) is 1. The van der Waals surface area contributed by atoms with E-state index in [2.05, 4.69) is 41.9 Å². The second-order valence-corrected chi connectivity index (χ2v) is 9.07. The molecule has 4 rings (SSSR count). The van der Waals surface area contributed by atoms with Gasteiger partial charge in [-0.1, -0.05) is 12.1 Å². The minimum Gasteiger partial charge on any atom is -0.487 e. The van der Waals surface area contributed by atoms with Crippen molar-refractivity contribution in [1.82, 2.24) is 10.2 Å². The van der Waals surface area contributed by atoms with Crippen LogP contribution >= 0.6 is 31.9 Å². The molecule has 180 valence electrons. The molecule has 1 N–H and O–H groups in total. The van der Waals surface area contributed by atoms with Crippen molar-refractivity contribution < 1.29 is 32.7 Å². The molecule has 0 saturated carbocycles. The molecule has 0 unspecified atom stereocenters. The molecule has 0 atom stereocenters. The minimum absolute atomic E-state index is 0.0262. The average molecular weight is 608 g/mol. The molecular weight excluding hydrogens is 591 g/mol. The van der Waals surface area contributed by atoms with Gasteiger partial charge < -0.3 is 19.2 Å². The maximum atomic E-state index is 13.1. The Morgan fingerprint density at radius 2 is 1.80 bits per heavy atom. The third-order valence-electron chi connectivity index (χ3n) is 4.95. The zero-order valence-electron chi connectivity index (χ0n) is 18.1. The molecule has 11 heteroatoms. The van der Waals surface area contributed by atoms with E-state index in [-0.39, 0.29) is 36.2 Å². The SMILES string of the molecule is COC(=O)c1ccc(CN2C(=O)N/C(=C\c3cc(Br)c(OCc4ccc(F)cc4)c(Br)c3)C2=O)o1. The Bertz CT molecular complexity index is 1310. The van der Waals surface area contributed by atoms with Gasteiger partial charge in [0.25, 0.3) is 5.91 Å². The van der Waals surface area contributed by atoms with Crippen molar-refractivity contribution >= 4 is 55.8 Å². The molecule has 1 saturated heterocycles. The summed E-state index contributed by atoms with van der Waals surface area (Å²) in [4.78, 5) is 37.7. The van der Waals surface area contributed by atoms with Crippen molar-refractivity contribution in [1.29, 1.82) is 0 Å². The molecule has 8 nitrogen and oxygen atoms in total. The van der Waals surface area contributed by atoms with Gasteiger partial charge in [0.05, 0.1) is 22.6 Å². The molecular formula is C24H17Br2FN2O6. The lowest BCUT2D eigenvalue weighted by molar-refractivity contribution is -0.123. The molecule has 1 fully saturated rings. The number of carbonyl (C=O) groups excluding carboxylic acids is 3. The van der Waals surface area contributed by atoms with E-state index in [9.17, 15) is 18.8 Å². The number of halogens is 3. The largest absolute Gasteiger partial charge is 0.487 e. The van der Waals surface area contributed by atoms with Gasteiger partial charge in [0.2, 0.25) is 5.76 Å². The highest BCUT2D eigenvalue weighted by Crippen LogP contribution is 2.36. The van der Waals surface area contributed by atoms with Gasteiger partial charge in [-0.2, -0.15) is 0 Å². The van der Waals surface area contributed by atoms with Gasteiger partial charge in [0, 0.05) is 0 Å². The topological polar surface area (TPSA) is 98.1 Å². The van der Waals surface area contributed by atoms with Crippen molar-refractivity contribution in [3.8, 4) is 5.75 Å². The molecule has 1 aliphatic rings. The van der Waals surface area contributed by atoms with Crippen LogP contribution in [0.25, 0.3) is 6.08 Å². The minimum atomic E-state index is -0.657. The number of rotatable bonds is 7. The first-order chi connectivity index (χ1) is 16.7. The third kappa shape index (κ3) is 5.63. The maximum absolute atomic E-state index is 13.1. The van der Waals surface area contributed by atoms with Gasteiger partial charge in [-0.25, -0.2) is 14.0 Å². The summed E-state index contributed by atoms with van der Waals surface area (Å²) in [5, 5.41) is 2.54. The van der Waals surface area contributed by atoms with Crippen LogP contribution in [0.2, 0.25) is 0 Å². The third-order valence-corrected chi connectivity index (χ3v) is 6.13. The smallest absolute Gasteiger partial charge is 0.373 e. The predicted octanol–water partition coefficient (Wildman–Crippen LogP) is 5.40. The van der Waals surface area contributed by atoms with Gasteiger partial charge in [0.15, 0.2) is 0 Å². The number of carbonyl (C=O) groups is 3. The summed E-state index contributed by atoms with van der Waals surface area (Å²) in [5.74, 6) is -0.773. The van der Waals surface area contributed by atoms with Crippen LogP contribution in [-0.2, 0) is 22.7 Å². The quantitative estimate of drug-likeness (QED) is 0.219. The Morgan fingerprint density at radius 1 is 1.11 bits per heavy atom. The maximum Gasteiger partial charge on any atom is 0.373 e. The van der Waals surface area contributed by atoms with E-state index in [0.717, 1.165) is 10.5 Å². The lowest BCUT2D eigenvalue weighted by Crippen LogP contribution is -2.30. The highest BCUT2D eigenvalue weighted by atomic mass is 79.9. The van der Waals surface area contributed by atoms with E-state index < -0.39 is 17.9 Å². The molecule has 0 spiro atoms. The highest BCUT2D eigenvalue weighted by Gasteiger charge is 2.34. The summed E-state index contributed by atoms with van der Waals surface area (Å²) in [6.45, 7) is 0.0778. The summed E-state index contributed by atoms with van der Waals surface area (Å²) >= 11 is 6.92. The summed E-state index contributed by atoms with van der Waals surface area (Å²) in [5.41, 5.74) is 1.49. The fourth-order valence-electron chi connectivity index (χ4n) is 3.25. The first-order valence-corrected chi connectivity index (χ1v) is 11.7. The van der Waals surface area contributed by atoms with Crippen LogP contribution in [0.15, 0.2) is 67.6 Å². The number of hydrogen-bond acceptors (Lipinski definition) is 6. The van der Waals surface area contributed by atoms with E-state index in [0.29, 0.717) is 20.3 Å². The van der Waals surface area contributed by atoms with Crippen LogP contribution in [0.3, 0.4) is 0 Å². The van der Waals surface area contributed by atoms with E-state index in [1.807, 2.05) is 0 Å². The van der Waals surface area contributed by atoms with Gasteiger partial charge in [-0.05, 0) is 85.5 Å². The summed E-state index contributed by atoms with van der Waals surface area (Å²) in [6, 6.07) is 11.7. The summed E-state index contributed by atoms with van der Waals surface area (Å²) in [7, 11) is 1.22. The van der Waals surface area contributed by atoms with Gasteiger partial charge >= 0.3 is 12.0 Å². The zero-order chi connectivity index (χ0) is 25.1. The van der Waals surface area contributed by atoms with E-state index in [1.165, 1.54) is 37.5 Å². The molecule has 3 amide bonds. The Balaban J connectivity index is 1.47. The van der Waals surface area contributed by atoms with E-state index >= 15 is 0 Å². The standard InChI is InChI=1S/C24H17Br2FN2O6/c1-33-23(31)20-7-6-16(35-20)11-29-22(30)19(28-24(29)32)10-14-8-17(25)21(18(26)9-14)34-12-13-2-4-15(27)5-3-13/h2-10H,11-12H2,1H3,(H,28,32)/b19-10-. The number of amides is 3. The predicted molar refractivity (Wildman–Crippen MR) is 130 cm³/mol. The van der Waals surface area contributed by atoms with Crippen LogP contribution in [0, 0.1) is 5.82 Å². The fraction of sp³-hybridized carbons (Fsp3) is 0.125. The van der Waals surface area contributed by atoms with Gasteiger partial charge in [-0.3, -0.25) is 9.69 Å². The molecule has 0 radical (unpaired) electrons. The first-order valence-electron chi connectivity index (χ1n) is 10.1. The molecule has 2 aromatic carbocycles. The Hall–Kier alpha value is -3.44. The van der Waals surface area contributed by atoms with Gasteiger partial charge in [-0.15, -0.1) is 0 Å². The van der Waals surface area contributed by atoms with Crippen LogP contribution in [0.4, 0.5) is 9.18 Å². The normalized spacial score (nSPS) is 14.4. The van der Waals surface area contributed by atoms with Gasteiger partial charge in [0.1, 0.15) is 29.6 Å². The number of hydrogen-bond donors (Lipinski definition) is 1. The van der Waals surface area contributed by atoms with Crippen molar-refractivity contribution in [2.45, 2.75) is 13.2 Å². The monoisotopic (exact) mass is 606 g/mol. The Kier molecular flexibility index (Phi) is 7.37. The number of esters is 1. The van der Waals surface area contributed by atoms with E-state index in [1.54, 1.807) is 24.3 Å². The lowest BCUT2D eigenvalue weighted by atomic mass is 10.2. The number of methoxy groups -OCH3 is 1. The molecule has 0 aliphatic carbocycles. The van der Waals surface area contributed by atoms with Crippen molar-refractivity contribution in [2.24, 2.45) is 0 Å². The van der Waals surface area contributed by atoms with Crippen molar-refractivity contribution in [2.75, 3.05) is 7.11 Å². The van der Waals surface area contributed by atoms with Crippen molar-refractivity contribution in [3.05, 3.63) is 91.6 Å². The van der Waals surface area contributed by atoms with Crippen LogP contribution in [0.5, 0.6) is 5.75 Å². The number of nitrogens with zero attached hydrogens (tertiary/aromatic N) is 1. The summed E-state index contributed by atoms with van der Waals surface area (Å²) in [6.07, 6.45) is 1.53. The van der Waals surface area contributed by atoms with Crippen molar-refractivity contribution in [3.63, 3.8) is 0 Å². The zero-order valence-corrected chi connectivity index (χ0v) is 21.3. The number of urea groups is 1. The Labute approximate surface area is 215 Å². The van der Waals surface area contributed by atoms with Crippen LogP contribution in [-0.4, -0.2) is 29.9 Å². The number of furan rings is 1. The number of ether oxygens (including phenoxy) is 2. The average Bonchev–Trinajstić information content (AvgIpc) is 3.39. The second-order valence-electron chi connectivity index (χ2n) is 7.37. The Morgan fingerprint density at radius 3 is 2.46 bits per heavy atom. The molecule has 2 heterocycles. The molecule has 1 aromatic heterocycles. The van der Waals surface area contributed by atoms with Crippen LogP contribution < -0.4 is 10.1 Å². The summed E-state index contributed by atoms with van der Waals surface area (Å²) < 4.78 is 30.1. The second kappa shape index (κ2) is 10.4. The number of benzene rings is 2. The number of imide groups is 1. The molecule has 1 aliphatic heterocycles. The molecule has 35 heavy (non-hydrogen) atoms. The highest BCUT2D eigenvalue weighted by molar-refractivity contribution is 9.11. The molecule has 3 aromatic rings. The van der Waals surface area contributed by atoms with E-state index in [4.69, 9.17) is 9.15 Å². The van der Waals surface area contributed by atoms with Crippen LogP contribution in [0.1, 0.15) is 27.4 Å².